The van der Waals surface area contributed by atoms with E-state index in [1.165, 1.54) is 0 Å². The number of H-pyrrole nitrogens is 2. The molecular weight excluding hydrogens is 713 g/mol. The highest BCUT2D eigenvalue weighted by Crippen LogP contribution is 2.34. The Morgan fingerprint density at radius 2 is 1.45 bits per heavy atom. The van der Waals surface area contributed by atoms with Gasteiger partial charge in [0, 0.05) is 19.2 Å². The van der Waals surface area contributed by atoms with E-state index < -0.39 is 18.2 Å². The minimum absolute atomic E-state index is 0.194. The molecule has 0 spiro atoms. The summed E-state index contributed by atoms with van der Waals surface area (Å²) in [5.74, 6) is 0.701. The molecule has 286 valence electrons. The van der Waals surface area contributed by atoms with Gasteiger partial charge in [0.2, 0.25) is 5.91 Å². The highest BCUT2D eigenvalue weighted by atomic mass is 16.5. The third kappa shape index (κ3) is 8.48. The molecule has 3 aromatic carbocycles. The zero-order valence-corrected chi connectivity index (χ0v) is 30.8. The topological polar surface area (TPSA) is 203 Å². The number of rotatable bonds is 14. The minimum Gasteiger partial charge on any atom is -0.465 e. The summed E-state index contributed by atoms with van der Waals surface area (Å²) in [5.41, 5.74) is 5.92. The Morgan fingerprint density at radius 3 is 2.11 bits per heavy atom. The lowest BCUT2D eigenvalue weighted by Gasteiger charge is -2.28. The molecule has 0 saturated carbocycles. The Kier molecular flexibility index (Phi) is 11.5. The second-order valence-electron chi connectivity index (χ2n) is 13.4. The van der Waals surface area contributed by atoms with Gasteiger partial charge in [0.05, 0.1) is 48.3 Å². The predicted octanol–water partition coefficient (Wildman–Crippen LogP) is 5.71. The molecule has 1 fully saturated rings. The van der Waals surface area contributed by atoms with Crippen molar-refractivity contribution in [2.75, 3.05) is 20.4 Å². The molecule has 1 aliphatic rings. The van der Waals surface area contributed by atoms with Crippen LogP contribution in [0.15, 0.2) is 109 Å². The molecule has 15 nitrogen and oxygen atoms in total. The van der Waals surface area contributed by atoms with Gasteiger partial charge < -0.3 is 35.3 Å². The molecule has 6 N–H and O–H groups in total. The number of aromatic amines is 2. The Balaban J connectivity index is 0.987. The van der Waals surface area contributed by atoms with Crippen molar-refractivity contribution in [2.45, 2.75) is 43.9 Å². The molecule has 0 unspecified atom stereocenters. The first-order chi connectivity index (χ1) is 27.3. The van der Waals surface area contributed by atoms with Crippen molar-refractivity contribution >= 4 is 17.9 Å². The van der Waals surface area contributed by atoms with Crippen LogP contribution in [0.25, 0.3) is 33.9 Å². The highest BCUT2D eigenvalue weighted by molar-refractivity contribution is 5.87. The van der Waals surface area contributed by atoms with Crippen LogP contribution in [0.4, 0.5) is 4.79 Å². The molecule has 1 aliphatic heterocycles. The molecule has 15 heteroatoms. The zero-order valence-electron chi connectivity index (χ0n) is 30.8. The van der Waals surface area contributed by atoms with Crippen LogP contribution < -0.4 is 16.0 Å². The Hall–Kier alpha value is -6.71. The van der Waals surface area contributed by atoms with Gasteiger partial charge in [-0.15, -0.1) is 10.2 Å². The summed E-state index contributed by atoms with van der Waals surface area (Å²) in [4.78, 5) is 56.0. The monoisotopic (exact) mass is 754 g/mol. The average Bonchev–Trinajstić information content (AvgIpc) is 4.03. The minimum atomic E-state index is -1.27. The maximum absolute atomic E-state index is 13.7. The molecular formula is C41H42N10O5. The lowest BCUT2D eigenvalue weighted by Crippen LogP contribution is -2.42. The van der Waals surface area contributed by atoms with E-state index in [-0.39, 0.29) is 30.6 Å². The number of carbonyl (C=O) groups excluding carboxylic acids is 2. The SMILES string of the molecule is COCN[C@@H](C(=O)N[C@@H](C)c1ncc(-c2ccc(-c3ccc(-c4cnc([C@@H]5CCCN5C(=O)[C@H](NC(=O)O)c5ccccc5)[nH]4)nn3)cc2)[nH]1)c1ccccc1. The van der Waals surface area contributed by atoms with E-state index in [0.29, 0.717) is 47.3 Å². The van der Waals surface area contributed by atoms with Crippen LogP contribution in [-0.4, -0.2) is 78.4 Å². The summed E-state index contributed by atoms with van der Waals surface area (Å²) in [5, 5.41) is 26.9. The fraction of sp³-hybridized carbons (Fsp3) is 0.244. The van der Waals surface area contributed by atoms with E-state index in [4.69, 9.17) is 4.74 Å². The Bertz CT molecular complexity index is 2240. The van der Waals surface area contributed by atoms with Gasteiger partial charge in [-0.3, -0.25) is 14.9 Å². The third-order valence-corrected chi connectivity index (χ3v) is 9.72. The summed E-state index contributed by atoms with van der Waals surface area (Å²) in [7, 11) is 1.57. The van der Waals surface area contributed by atoms with Crippen LogP contribution in [0.5, 0.6) is 0 Å². The summed E-state index contributed by atoms with van der Waals surface area (Å²) in [6.45, 7) is 2.59. The fourth-order valence-electron chi connectivity index (χ4n) is 6.87. The van der Waals surface area contributed by atoms with Gasteiger partial charge in [-0.1, -0.05) is 84.9 Å². The number of likely N-dealkylation sites (tertiary alicyclic amines) is 1. The van der Waals surface area contributed by atoms with Gasteiger partial charge in [0.1, 0.15) is 29.4 Å². The van der Waals surface area contributed by atoms with Crippen LogP contribution in [0.2, 0.25) is 0 Å². The van der Waals surface area contributed by atoms with Crippen LogP contribution in [-0.2, 0) is 14.3 Å². The van der Waals surface area contributed by atoms with Gasteiger partial charge in [-0.05, 0) is 48.6 Å². The molecule has 6 aromatic rings. The lowest BCUT2D eigenvalue weighted by atomic mass is 10.1. The second kappa shape index (κ2) is 17.2. The molecule has 0 bridgehead atoms. The van der Waals surface area contributed by atoms with E-state index in [9.17, 15) is 19.5 Å². The van der Waals surface area contributed by atoms with Gasteiger partial charge >= 0.3 is 6.09 Å². The number of hydrogen-bond acceptors (Lipinski definition) is 9. The maximum atomic E-state index is 13.7. The van der Waals surface area contributed by atoms with Gasteiger partial charge in [-0.2, -0.15) is 0 Å². The number of amides is 3. The molecule has 7 rings (SSSR count). The predicted molar refractivity (Wildman–Crippen MR) is 207 cm³/mol. The fourth-order valence-corrected chi connectivity index (χ4v) is 6.87. The summed E-state index contributed by atoms with van der Waals surface area (Å²) >= 11 is 0. The summed E-state index contributed by atoms with van der Waals surface area (Å²) in [6, 6.07) is 27.6. The molecule has 3 amide bonds. The Labute approximate surface area is 323 Å². The molecule has 4 atom stereocenters. The van der Waals surface area contributed by atoms with E-state index in [0.717, 1.165) is 28.8 Å². The van der Waals surface area contributed by atoms with Crippen LogP contribution in [0, 0.1) is 0 Å². The molecule has 1 saturated heterocycles. The number of carbonyl (C=O) groups is 3. The number of ether oxygens (including phenoxy) is 1. The van der Waals surface area contributed by atoms with Gasteiger partial charge in [0.25, 0.3) is 5.91 Å². The van der Waals surface area contributed by atoms with E-state index in [1.54, 1.807) is 48.7 Å². The first-order valence-electron chi connectivity index (χ1n) is 18.3. The van der Waals surface area contributed by atoms with Crippen molar-refractivity contribution in [1.29, 1.82) is 0 Å². The van der Waals surface area contributed by atoms with Crippen molar-refractivity contribution < 1.29 is 24.2 Å². The molecule has 3 aromatic heterocycles. The quantitative estimate of drug-likeness (QED) is 0.0748. The average molecular weight is 755 g/mol. The number of hydrogen-bond donors (Lipinski definition) is 6. The van der Waals surface area contributed by atoms with E-state index in [1.807, 2.05) is 79.7 Å². The number of benzene rings is 3. The van der Waals surface area contributed by atoms with Crippen molar-refractivity contribution in [3.8, 4) is 33.9 Å². The number of nitrogens with zero attached hydrogens (tertiary/aromatic N) is 5. The molecule has 56 heavy (non-hydrogen) atoms. The van der Waals surface area contributed by atoms with Crippen molar-refractivity contribution in [3.63, 3.8) is 0 Å². The molecule has 0 aliphatic carbocycles. The molecule has 4 heterocycles. The van der Waals surface area contributed by atoms with Crippen molar-refractivity contribution in [3.05, 3.63) is 132 Å². The number of carboxylic acid groups (broad SMARTS) is 1. The largest absolute Gasteiger partial charge is 0.465 e. The molecule has 0 radical (unpaired) electrons. The van der Waals surface area contributed by atoms with Gasteiger partial charge in [-0.25, -0.2) is 14.8 Å². The highest BCUT2D eigenvalue weighted by Gasteiger charge is 2.37. The third-order valence-electron chi connectivity index (χ3n) is 9.72. The lowest BCUT2D eigenvalue weighted by molar-refractivity contribution is -0.134. The van der Waals surface area contributed by atoms with Crippen LogP contribution >= 0.6 is 0 Å². The number of aromatic nitrogens is 6. The van der Waals surface area contributed by atoms with E-state index in [2.05, 4.69) is 46.1 Å². The van der Waals surface area contributed by atoms with Gasteiger partial charge in [0.15, 0.2) is 0 Å². The summed E-state index contributed by atoms with van der Waals surface area (Å²) < 4.78 is 5.15. The maximum Gasteiger partial charge on any atom is 0.405 e. The van der Waals surface area contributed by atoms with Crippen molar-refractivity contribution in [1.82, 2.24) is 51.0 Å². The smallest absolute Gasteiger partial charge is 0.405 e. The number of imidazole rings is 2. The number of nitrogens with one attached hydrogen (secondary N) is 5. The normalized spacial score (nSPS) is 15.5. The van der Waals surface area contributed by atoms with E-state index >= 15 is 0 Å². The first-order valence-corrected chi connectivity index (χ1v) is 18.3. The standard InChI is InChI=1S/C41H42N10O5/c1-25(45-39(52)35(44-24-56-2)28-10-5-3-6-11-28)37-42-22-32(46-37)27-17-15-26(16-18-27)30-19-20-31(50-49-30)33-23-43-38(47-33)34-14-9-21-51(34)40(53)36(48-41(54)55)29-12-7-4-8-13-29/h3-8,10-13,15-20,22-23,25,34-36,44,48H,9,14,21,24H2,1-2H3,(H,42,46)(H,43,47)(H,45,52)(H,54,55)/t25-,34-,35+,36+/m0/s1. The number of methoxy groups -OCH3 is 1. The first kappa shape index (κ1) is 37.6. The summed E-state index contributed by atoms with van der Waals surface area (Å²) in [6.07, 6.45) is 3.59. The van der Waals surface area contributed by atoms with Crippen molar-refractivity contribution in [2.24, 2.45) is 0 Å². The Morgan fingerprint density at radius 1 is 0.804 bits per heavy atom. The zero-order chi connectivity index (χ0) is 39.0. The van der Waals surface area contributed by atoms with Crippen LogP contribution in [0.1, 0.15) is 66.7 Å². The second-order valence-corrected chi connectivity index (χ2v) is 13.4. The van der Waals surface area contributed by atoms with Crippen LogP contribution in [0.3, 0.4) is 0 Å².